The molecule has 0 N–H and O–H groups in total. The Labute approximate surface area is 218 Å². The van der Waals surface area contributed by atoms with Gasteiger partial charge in [-0.3, -0.25) is 9.78 Å². The molecule has 1 saturated heterocycles. The van der Waals surface area contributed by atoms with Gasteiger partial charge in [0, 0.05) is 50.8 Å². The molecule has 6 nitrogen and oxygen atoms in total. The number of carbonyl (C=O) groups is 1. The van der Waals surface area contributed by atoms with Crippen LogP contribution >= 0.6 is 0 Å². The second-order valence-electron chi connectivity index (χ2n) is 9.97. The van der Waals surface area contributed by atoms with Crippen LogP contribution in [-0.4, -0.2) is 62.7 Å². The minimum Gasteiger partial charge on any atom is -0.495 e. The van der Waals surface area contributed by atoms with Crippen LogP contribution < -0.4 is 14.5 Å². The highest BCUT2D eigenvalue weighted by Crippen LogP contribution is 2.40. The molecular weight excluding hydrogens is 460 g/mol. The molecule has 6 heteroatoms. The molecule has 0 aliphatic carbocycles. The van der Waals surface area contributed by atoms with Crippen molar-refractivity contribution in [2.75, 3.05) is 56.7 Å². The van der Waals surface area contributed by atoms with Gasteiger partial charge < -0.3 is 19.4 Å². The molecule has 0 radical (unpaired) electrons. The monoisotopic (exact) mass is 492 g/mol. The fraction of sp³-hybridized carbons (Fsp3) is 0.290. The summed E-state index contributed by atoms with van der Waals surface area (Å²) in [7, 11) is 3.89. The zero-order valence-corrected chi connectivity index (χ0v) is 21.5. The third kappa shape index (κ3) is 4.42. The maximum atomic E-state index is 13.7. The van der Waals surface area contributed by atoms with E-state index in [1.165, 1.54) is 5.56 Å². The van der Waals surface area contributed by atoms with Gasteiger partial charge in [-0.1, -0.05) is 36.4 Å². The molecule has 6 rings (SSSR count). The van der Waals surface area contributed by atoms with Crippen LogP contribution in [0.25, 0.3) is 21.9 Å². The number of rotatable bonds is 5. The summed E-state index contributed by atoms with van der Waals surface area (Å²) in [6, 6.07) is 21.0. The van der Waals surface area contributed by atoms with Crippen molar-refractivity contribution in [2.24, 2.45) is 0 Å². The van der Waals surface area contributed by atoms with Crippen LogP contribution in [0.1, 0.15) is 11.1 Å². The van der Waals surface area contributed by atoms with E-state index in [1.54, 1.807) is 7.11 Å². The number of likely N-dealkylation sites (N-methyl/N-ethyl adjacent to an activating group) is 1. The van der Waals surface area contributed by atoms with Crippen LogP contribution in [0.3, 0.4) is 0 Å². The van der Waals surface area contributed by atoms with Crippen molar-refractivity contribution in [1.82, 2.24) is 9.88 Å². The Balaban J connectivity index is 1.30. The third-order valence-electron chi connectivity index (χ3n) is 7.77. The lowest BCUT2D eigenvalue weighted by molar-refractivity contribution is -0.117. The van der Waals surface area contributed by atoms with E-state index in [-0.39, 0.29) is 5.91 Å². The second-order valence-corrected chi connectivity index (χ2v) is 9.97. The van der Waals surface area contributed by atoms with Gasteiger partial charge in [-0.05, 0) is 70.8 Å². The molecule has 1 aromatic heterocycles. The number of nitrogens with zero attached hydrogens (tertiary/aromatic N) is 4. The van der Waals surface area contributed by atoms with Crippen LogP contribution in [0.2, 0.25) is 0 Å². The summed E-state index contributed by atoms with van der Waals surface area (Å²) >= 11 is 0. The Hall–Kier alpha value is -3.90. The van der Waals surface area contributed by atoms with Gasteiger partial charge in [-0.2, -0.15) is 0 Å². The van der Waals surface area contributed by atoms with Crippen LogP contribution in [0.5, 0.6) is 5.75 Å². The number of amides is 1. The topological polar surface area (TPSA) is 48.9 Å². The van der Waals surface area contributed by atoms with E-state index >= 15 is 0 Å². The molecule has 4 aromatic rings. The lowest BCUT2D eigenvalue weighted by Crippen LogP contribution is -2.44. The summed E-state index contributed by atoms with van der Waals surface area (Å²) in [6.07, 6.45) is 4.85. The number of piperazine rings is 1. The third-order valence-corrected chi connectivity index (χ3v) is 7.77. The zero-order chi connectivity index (χ0) is 25.4. The zero-order valence-electron chi connectivity index (χ0n) is 21.5. The van der Waals surface area contributed by atoms with Crippen LogP contribution in [0, 0.1) is 0 Å². The second kappa shape index (κ2) is 9.87. The first-order valence-corrected chi connectivity index (χ1v) is 13.0. The Morgan fingerprint density at radius 3 is 2.43 bits per heavy atom. The first-order valence-electron chi connectivity index (χ1n) is 13.0. The van der Waals surface area contributed by atoms with Gasteiger partial charge >= 0.3 is 0 Å². The largest absolute Gasteiger partial charge is 0.495 e. The molecule has 0 saturated carbocycles. The minimum atomic E-state index is 0.134. The predicted octanol–water partition coefficient (Wildman–Crippen LogP) is 4.79. The fourth-order valence-corrected chi connectivity index (χ4v) is 5.69. The average Bonchev–Trinajstić information content (AvgIpc) is 3.36. The highest BCUT2D eigenvalue weighted by molar-refractivity contribution is 6.03. The number of hydrogen-bond acceptors (Lipinski definition) is 5. The molecule has 3 heterocycles. The summed E-state index contributed by atoms with van der Waals surface area (Å²) in [6.45, 7) is 4.65. The van der Waals surface area contributed by atoms with Crippen molar-refractivity contribution in [2.45, 2.75) is 12.8 Å². The van der Waals surface area contributed by atoms with E-state index in [0.717, 1.165) is 77.2 Å². The molecule has 2 aliphatic heterocycles. The number of methoxy groups -OCH3 is 1. The maximum absolute atomic E-state index is 13.7. The van der Waals surface area contributed by atoms with Crippen molar-refractivity contribution in [3.05, 3.63) is 84.2 Å². The van der Waals surface area contributed by atoms with E-state index in [2.05, 4.69) is 70.4 Å². The molecule has 0 unspecified atom stereocenters. The SMILES string of the molecule is COc1cc2c(cc1N1CCN(C)CC1)N(C(=O)Cc1cccc3c(-c4ccncc4)cccc13)CC2. The highest BCUT2D eigenvalue weighted by atomic mass is 16.5. The molecule has 0 spiro atoms. The molecule has 0 bridgehead atoms. The molecule has 1 amide bonds. The Morgan fingerprint density at radius 1 is 0.892 bits per heavy atom. The van der Waals surface area contributed by atoms with Crippen molar-refractivity contribution >= 4 is 28.1 Å². The maximum Gasteiger partial charge on any atom is 0.231 e. The lowest BCUT2D eigenvalue weighted by atomic mass is 9.95. The van der Waals surface area contributed by atoms with E-state index < -0.39 is 0 Å². The van der Waals surface area contributed by atoms with Gasteiger partial charge in [-0.25, -0.2) is 0 Å². The summed E-state index contributed by atoms with van der Waals surface area (Å²) in [5.74, 6) is 1.03. The molecular formula is C31H32N4O2. The van der Waals surface area contributed by atoms with Crippen molar-refractivity contribution < 1.29 is 9.53 Å². The van der Waals surface area contributed by atoms with E-state index in [0.29, 0.717) is 13.0 Å². The standard InChI is InChI=1S/C31H32N4O2/c1-33-15-17-34(18-16-33)29-21-28-24(19-30(29)37-2)11-14-35(28)31(36)20-23-5-3-8-27-25(6-4-7-26(23)27)22-9-12-32-13-10-22/h3-10,12-13,19,21H,11,14-18,20H2,1-2H3. The first kappa shape index (κ1) is 23.5. The molecule has 188 valence electrons. The van der Waals surface area contributed by atoms with Gasteiger partial charge in [-0.15, -0.1) is 0 Å². The number of aromatic nitrogens is 1. The number of fused-ring (bicyclic) bond motifs is 2. The van der Waals surface area contributed by atoms with E-state index in [1.807, 2.05) is 29.4 Å². The lowest BCUT2D eigenvalue weighted by Gasteiger charge is -2.35. The van der Waals surface area contributed by atoms with Gasteiger partial charge in [0.25, 0.3) is 0 Å². The van der Waals surface area contributed by atoms with Gasteiger partial charge in [0.15, 0.2) is 0 Å². The van der Waals surface area contributed by atoms with Crippen molar-refractivity contribution in [3.63, 3.8) is 0 Å². The number of carbonyl (C=O) groups excluding carboxylic acids is 1. The smallest absolute Gasteiger partial charge is 0.231 e. The summed E-state index contributed by atoms with van der Waals surface area (Å²) in [5, 5.41) is 2.28. The number of benzene rings is 3. The summed E-state index contributed by atoms with van der Waals surface area (Å²) < 4.78 is 5.78. The quantitative estimate of drug-likeness (QED) is 0.401. The number of pyridine rings is 1. The predicted molar refractivity (Wildman–Crippen MR) is 150 cm³/mol. The average molecular weight is 493 g/mol. The molecule has 1 fully saturated rings. The minimum absolute atomic E-state index is 0.134. The van der Waals surface area contributed by atoms with Crippen LogP contribution in [-0.2, 0) is 17.6 Å². The first-order chi connectivity index (χ1) is 18.1. The number of anilines is 2. The fourth-order valence-electron chi connectivity index (χ4n) is 5.69. The van der Waals surface area contributed by atoms with Gasteiger partial charge in [0.1, 0.15) is 5.75 Å². The van der Waals surface area contributed by atoms with Crippen molar-refractivity contribution in [3.8, 4) is 16.9 Å². The molecule has 37 heavy (non-hydrogen) atoms. The molecule has 2 aliphatic rings. The Morgan fingerprint density at radius 2 is 1.65 bits per heavy atom. The van der Waals surface area contributed by atoms with E-state index in [4.69, 9.17) is 4.74 Å². The number of ether oxygens (including phenoxy) is 1. The van der Waals surface area contributed by atoms with Gasteiger partial charge in [0.05, 0.1) is 19.2 Å². The van der Waals surface area contributed by atoms with Gasteiger partial charge in [0.2, 0.25) is 5.91 Å². The Kier molecular flexibility index (Phi) is 6.26. The number of hydrogen-bond donors (Lipinski definition) is 0. The van der Waals surface area contributed by atoms with Crippen LogP contribution in [0.4, 0.5) is 11.4 Å². The highest BCUT2D eigenvalue weighted by Gasteiger charge is 2.29. The molecule has 3 aromatic carbocycles. The Bertz CT molecular complexity index is 1440. The van der Waals surface area contributed by atoms with E-state index in [9.17, 15) is 4.79 Å². The van der Waals surface area contributed by atoms with Crippen molar-refractivity contribution in [1.29, 1.82) is 0 Å². The normalized spacial score (nSPS) is 15.7. The molecule has 0 atom stereocenters. The summed E-state index contributed by atoms with van der Waals surface area (Å²) in [4.78, 5) is 24.6. The van der Waals surface area contributed by atoms with Crippen LogP contribution in [0.15, 0.2) is 73.1 Å². The summed E-state index contributed by atoms with van der Waals surface area (Å²) in [5.41, 5.74) is 6.63.